The molecule has 0 aliphatic rings. The molecule has 0 saturated heterocycles. The lowest BCUT2D eigenvalue weighted by Crippen LogP contribution is -2.25. The van der Waals surface area contributed by atoms with E-state index in [0.717, 1.165) is 78.4 Å². The van der Waals surface area contributed by atoms with E-state index in [1.807, 2.05) is 35.3 Å². The molecule has 0 saturated carbocycles. The third kappa shape index (κ3) is 5.27. The molecular formula is C25H32N10. The highest BCUT2D eigenvalue weighted by Crippen LogP contribution is 2.16. The van der Waals surface area contributed by atoms with Crippen LogP contribution in [0.15, 0.2) is 48.8 Å². The fourth-order valence-electron chi connectivity index (χ4n) is 4.39. The smallest absolute Gasteiger partial charge is 0.175 e. The van der Waals surface area contributed by atoms with Crippen LogP contribution in [0.5, 0.6) is 0 Å². The van der Waals surface area contributed by atoms with E-state index in [0.29, 0.717) is 0 Å². The molecule has 0 radical (unpaired) electrons. The quantitative estimate of drug-likeness (QED) is 0.323. The SMILES string of the molecule is Cc1cc(-n2nc(CN(CCCn3cccc3)Cc3cc(C)n(-c4cc(C)[nH]n4)n3)cc2C)n[nH]1. The zero-order chi connectivity index (χ0) is 24.4. The Morgan fingerprint density at radius 1 is 0.743 bits per heavy atom. The van der Waals surface area contributed by atoms with Gasteiger partial charge >= 0.3 is 0 Å². The summed E-state index contributed by atoms with van der Waals surface area (Å²) in [6.07, 6.45) is 5.25. The first-order chi connectivity index (χ1) is 16.9. The molecule has 10 nitrogen and oxygen atoms in total. The summed E-state index contributed by atoms with van der Waals surface area (Å²) in [6.45, 7) is 11.5. The van der Waals surface area contributed by atoms with Gasteiger partial charge in [-0.15, -0.1) is 0 Å². The van der Waals surface area contributed by atoms with Gasteiger partial charge in [0, 0.05) is 73.5 Å². The van der Waals surface area contributed by atoms with Crippen molar-refractivity contribution in [1.29, 1.82) is 0 Å². The lowest BCUT2D eigenvalue weighted by Gasteiger charge is -2.20. The van der Waals surface area contributed by atoms with Gasteiger partial charge < -0.3 is 4.57 Å². The van der Waals surface area contributed by atoms with Crippen molar-refractivity contribution in [3.63, 3.8) is 0 Å². The molecule has 5 rings (SSSR count). The summed E-state index contributed by atoms with van der Waals surface area (Å²) in [5.41, 5.74) is 6.19. The molecule has 0 spiro atoms. The lowest BCUT2D eigenvalue weighted by atomic mass is 10.2. The van der Waals surface area contributed by atoms with Gasteiger partial charge in [-0.3, -0.25) is 15.1 Å². The Labute approximate surface area is 204 Å². The van der Waals surface area contributed by atoms with Crippen LogP contribution >= 0.6 is 0 Å². The molecule has 0 unspecified atom stereocenters. The summed E-state index contributed by atoms with van der Waals surface area (Å²) in [6, 6.07) is 12.4. The normalized spacial score (nSPS) is 11.7. The summed E-state index contributed by atoms with van der Waals surface area (Å²) >= 11 is 0. The average Bonchev–Trinajstić information content (AvgIpc) is 3.62. The Morgan fingerprint density at radius 3 is 1.71 bits per heavy atom. The van der Waals surface area contributed by atoms with Crippen LogP contribution in [0.3, 0.4) is 0 Å². The maximum Gasteiger partial charge on any atom is 0.175 e. The number of aryl methyl sites for hydroxylation is 5. The number of nitrogens with zero attached hydrogens (tertiary/aromatic N) is 8. The summed E-state index contributed by atoms with van der Waals surface area (Å²) < 4.78 is 6.01. The van der Waals surface area contributed by atoms with Crippen LogP contribution in [0.1, 0.15) is 40.6 Å². The molecule has 2 N–H and O–H groups in total. The number of hydrogen-bond donors (Lipinski definition) is 2. The van der Waals surface area contributed by atoms with E-state index < -0.39 is 0 Å². The Balaban J connectivity index is 1.34. The molecular weight excluding hydrogens is 440 g/mol. The average molecular weight is 473 g/mol. The van der Waals surface area contributed by atoms with E-state index in [1.54, 1.807) is 0 Å². The Hall–Kier alpha value is -3.92. The number of aromatic amines is 2. The molecule has 10 heteroatoms. The second-order valence-corrected chi connectivity index (χ2v) is 9.18. The van der Waals surface area contributed by atoms with Crippen LogP contribution in [-0.2, 0) is 19.6 Å². The van der Waals surface area contributed by atoms with Gasteiger partial charge in [-0.05, 0) is 58.4 Å². The molecule has 182 valence electrons. The highest BCUT2D eigenvalue weighted by atomic mass is 15.4. The van der Waals surface area contributed by atoms with Crippen molar-refractivity contribution in [3.05, 3.63) is 83.0 Å². The number of aromatic nitrogens is 9. The van der Waals surface area contributed by atoms with Gasteiger partial charge in [0.1, 0.15) is 0 Å². The van der Waals surface area contributed by atoms with Crippen LogP contribution in [0.4, 0.5) is 0 Å². The van der Waals surface area contributed by atoms with Gasteiger partial charge in [-0.1, -0.05) is 0 Å². The highest BCUT2D eigenvalue weighted by Gasteiger charge is 2.16. The zero-order valence-corrected chi connectivity index (χ0v) is 20.7. The van der Waals surface area contributed by atoms with Crippen molar-refractivity contribution in [1.82, 2.24) is 49.4 Å². The number of hydrogen-bond acceptors (Lipinski definition) is 5. The maximum atomic E-state index is 4.85. The first-order valence-electron chi connectivity index (χ1n) is 11.9. The summed E-state index contributed by atoms with van der Waals surface area (Å²) in [5.74, 6) is 1.63. The Morgan fingerprint density at radius 2 is 1.26 bits per heavy atom. The largest absolute Gasteiger partial charge is 0.354 e. The van der Waals surface area contributed by atoms with E-state index in [1.165, 1.54) is 0 Å². The minimum absolute atomic E-state index is 0.732. The first kappa shape index (κ1) is 22.9. The van der Waals surface area contributed by atoms with Gasteiger partial charge in [-0.25, -0.2) is 9.36 Å². The number of rotatable bonds is 10. The van der Waals surface area contributed by atoms with Crippen molar-refractivity contribution >= 4 is 0 Å². The molecule has 5 aromatic heterocycles. The van der Waals surface area contributed by atoms with Crippen molar-refractivity contribution in [3.8, 4) is 11.6 Å². The second kappa shape index (κ2) is 9.75. The molecule has 0 aromatic carbocycles. The second-order valence-electron chi connectivity index (χ2n) is 9.18. The molecule has 0 atom stereocenters. The topological polar surface area (TPSA) is 101 Å². The van der Waals surface area contributed by atoms with Crippen molar-refractivity contribution in [2.24, 2.45) is 0 Å². The summed E-state index contributed by atoms with van der Waals surface area (Å²) in [4.78, 5) is 2.41. The molecule has 35 heavy (non-hydrogen) atoms. The monoisotopic (exact) mass is 472 g/mol. The Bertz CT molecular complexity index is 1290. The molecule has 0 bridgehead atoms. The van der Waals surface area contributed by atoms with Gasteiger partial charge in [-0.2, -0.15) is 20.4 Å². The van der Waals surface area contributed by atoms with Gasteiger partial charge in [0.15, 0.2) is 11.6 Å². The van der Waals surface area contributed by atoms with Crippen LogP contribution in [0, 0.1) is 27.7 Å². The zero-order valence-electron chi connectivity index (χ0n) is 20.7. The van der Waals surface area contributed by atoms with Crippen molar-refractivity contribution in [2.75, 3.05) is 6.54 Å². The lowest BCUT2D eigenvalue weighted by molar-refractivity contribution is 0.242. The minimum Gasteiger partial charge on any atom is -0.354 e. The fraction of sp³-hybridized carbons (Fsp3) is 0.360. The highest BCUT2D eigenvalue weighted by molar-refractivity contribution is 5.28. The summed E-state index contributed by atoms with van der Waals surface area (Å²) in [5, 5.41) is 24.4. The van der Waals surface area contributed by atoms with Crippen LogP contribution in [-0.4, -0.2) is 56.0 Å². The standard InChI is InChI=1S/C25H32N10/c1-18-12-24(28-26-18)34-20(3)14-22(30-34)16-33(11-7-10-32-8-5-6-9-32)17-23-15-21(4)35(31-23)25-13-19(2)27-29-25/h5-6,8-9,12-15H,7,10-11,16-17H2,1-4H3,(H,26,28)(H,27,29). The van der Waals surface area contributed by atoms with Crippen LogP contribution in [0.2, 0.25) is 0 Å². The third-order valence-corrected chi connectivity index (χ3v) is 6.02. The van der Waals surface area contributed by atoms with Crippen molar-refractivity contribution in [2.45, 2.75) is 53.8 Å². The Kier molecular flexibility index (Phi) is 6.37. The predicted molar refractivity (Wildman–Crippen MR) is 134 cm³/mol. The molecule has 5 aromatic rings. The van der Waals surface area contributed by atoms with E-state index in [2.05, 4.69) is 80.4 Å². The van der Waals surface area contributed by atoms with E-state index in [9.17, 15) is 0 Å². The predicted octanol–water partition coefficient (Wildman–Crippen LogP) is 3.63. The van der Waals surface area contributed by atoms with E-state index in [-0.39, 0.29) is 0 Å². The van der Waals surface area contributed by atoms with E-state index in [4.69, 9.17) is 10.2 Å². The first-order valence-corrected chi connectivity index (χ1v) is 11.9. The van der Waals surface area contributed by atoms with Crippen LogP contribution < -0.4 is 0 Å². The van der Waals surface area contributed by atoms with Gasteiger partial charge in [0.25, 0.3) is 0 Å². The van der Waals surface area contributed by atoms with Gasteiger partial charge in [0.2, 0.25) is 0 Å². The molecule has 0 amide bonds. The molecule has 5 heterocycles. The van der Waals surface area contributed by atoms with E-state index >= 15 is 0 Å². The summed E-state index contributed by atoms with van der Waals surface area (Å²) in [7, 11) is 0. The molecule has 0 aliphatic carbocycles. The maximum absolute atomic E-state index is 4.85. The number of H-pyrrole nitrogens is 2. The van der Waals surface area contributed by atoms with Crippen molar-refractivity contribution < 1.29 is 0 Å². The van der Waals surface area contributed by atoms with Crippen LogP contribution in [0.25, 0.3) is 11.6 Å². The molecule has 0 aliphatic heterocycles. The molecule has 0 fully saturated rings. The minimum atomic E-state index is 0.732. The third-order valence-electron chi connectivity index (χ3n) is 6.02. The van der Waals surface area contributed by atoms with Gasteiger partial charge in [0.05, 0.1) is 11.4 Å². The number of nitrogens with one attached hydrogen (secondary N) is 2. The fourth-order valence-corrected chi connectivity index (χ4v) is 4.39.